The Kier molecular flexibility index (Phi) is 8.15. The highest BCUT2D eigenvalue weighted by atomic mass is 32.2. The topological polar surface area (TPSA) is 176 Å². The Labute approximate surface area is 207 Å². The molecule has 2 aromatic carbocycles. The maximum Gasteiger partial charge on any atom is 0.414 e. The van der Waals surface area contributed by atoms with Crippen LogP contribution in [0.3, 0.4) is 0 Å². The molecule has 1 fully saturated rings. The van der Waals surface area contributed by atoms with Gasteiger partial charge in [-0.3, -0.25) is 19.7 Å². The van der Waals surface area contributed by atoms with Gasteiger partial charge in [0.15, 0.2) is 0 Å². The second kappa shape index (κ2) is 10.9. The van der Waals surface area contributed by atoms with Crippen molar-refractivity contribution in [1.29, 1.82) is 0 Å². The lowest BCUT2D eigenvalue weighted by Crippen LogP contribution is -2.51. The number of anilines is 1. The number of non-ortho nitro benzene ring substituents is 1. The molecule has 36 heavy (non-hydrogen) atoms. The first-order valence-corrected chi connectivity index (χ1v) is 13.0. The van der Waals surface area contributed by atoms with Crippen LogP contribution in [0.1, 0.15) is 24.0 Å². The number of rotatable bonds is 6. The number of benzene rings is 2. The summed E-state index contributed by atoms with van der Waals surface area (Å²) < 4.78 is 31.9. The van der Waals surface area contributed by atoms with E-state index in [0.29, 0.717) is 5.69 Å². The molecule has 0 amide bonds. The van der Waals surface area contributed by atoms with Crippen molar-refractivity contribution in [2.45, 2.75) is 31.3 Å². The number of nitrogens with zero attached hydrogens (tertiary/aromatic N) is 2. The zero-order chi connectivity index (χ0) is 26.5. The Morgan fingerprint density at radius 1 is 1.17 bits per heavy atom. The van der Waals surface area contributed by atoms with E-state index in [2.05, 4.69) is 9.62 Å². The SMILES string of the molecule is CS(=O)(=O)Nc1ccc2c(c1)CC1(CCCN(CCc3ccc([N+](=O)[O-])cc3)C1)O2.O=C(O)C(=O)O. The second-order valence-electron chi connectivity index (χ2n) is 8.82. The number of likely N-dealkylation sites (tertiary alicyclic amines) is 1. The van der Waals surface area contributed by atoms with E-state index in [1.807, 2.05) is 24.3 Å². The van der Waals surface area contributed by atoms with Crippen molar-refractivity contribution in [3.8, 4) is 5.75 Å². The first-order valence-electron chi connectivity index (χ1n) is 11.1. The van der Waals surface area contributed by atoms with Crippen LogP contribution >= 0.6 is 0 Å². The minimum Gasteiger partial charge on any atom is -0.485 e. The van der Waals surface area contributed by atoms with Crippen molar-refractivity contribution in [3.05, 3.63) is 63.7 Å². The van der Waals surface area contributed by atoms with E-state index in [9.17, 15) is 18.5 Å². The van der Waals surface area contributed by atoms with E-state index >= 15 is 0 Å². The molecule has 2 aliphatic rings. The summed E-state index contributed by atoms with van der Waals surface area (Å²) in [6.45, 7) is 2.67. The van der Waals surface area contributed by atoms with Gasteiger partial charge in [-0.2, -0.15) is 0 Å². The number of sulfonamides is 1. The lowest BCUT2D eigenvalue weighted by Gasteiger charge is -2.39. The fourth-order valence-electron chi connectivity index (χ4n) is 4.39. The normalized spacial score (nSPS) is 18.9. The van der Waals surface area contributed by atoms with E-state index in [0.717, 1.165) is 68.4 Å². The summed E-state index contributed by atoms with van der Waals surface area (Å²) in [4.78, 5) is 31.0. The minimum absolute atomic E-state index is 0.109. The standard InChI is InChI=1S/C21H25N3O5S.C2H2O4/c1-30(27,28)22-18-5-8-20-17(13-18)14-21(29-20)10-2-11-23(15-21)12-9-16-3-6-19(7-4-16)24(25)26;3-1(4)2(5)6/h3-8,13,22H,2,9-12,14-15H2,1H3;(H,3,4)(H,5,6). The van der Waals surface area contributed by atoms with Crippen LogP contribution in [-0.4, -0.2) is 71.9 Å². The number of nitro groups is 1. The van der Waals surface area contributed by atoms with Crippen molar-refractivity contribution < 1.29 is 37.9 Å². The average Bonchev–Trinajstić information content (AvgIpc) is 3.13. The fourth-order valence-corrected chi connectivity index (χ4v) is 4.95. The molecule has 2 heterocycles. The molecule has 1 unspecified atom stereocenters. The molecule has 1 saturated heterocycles. The Morgan fingerprint density at radius 3 is 2.42 bits per heavy atom. The van der Waals surface area contributed by atoms with Gasteiger partial charge in [0, 0.05) is 42.9 Å². The van der Waals surface area contributed by atoms with E-state index in [1.165, 1.54) is 0 Å². The molecule has 0 bridgehead atoms. The molecule has 1 atom stereocenters. The number of nitrogens with one attached hydrogen (secondary N) is 1. The van der Waals surface area contributed by atoms with Gasteiger partial charge in [-0.15, -0.1) is 0 Å². The van der Waals surface area contributed by atoms with Crippen LogP contribution in [0.5, 0.6) is 5.75 Å². The number of carbonyl (C=O) groups is 2. The summed E-state index contributed by atoms with van der Waals surface area (Å²) in [5, 5.41) is 25.6. The van der Waals surface area contributed by atoms with Crippen molar-refractivity contribution in [2.24, 2.45) is 0 Å². The predicted molar refractivity (Wildman–Crippen MR) is 130 cm³/mol. The van der Waals surface area contributed by atoms with Crippen LogP contribution in [0.25, 0.3) is 0 Å². The number of piperidine rings is 1. The zero-order valence-electron chi connectivity index (χ0n) is 19.5. The fraction of sp³-hybridized carbons (Fsp3) is 0.391. The Morgan fingerprint density at radius 2 is 1.83 bits per heavy atom. The van der Waals surface area contributed by atoms with Gasteiger partial charge in [0.1, 0.15) is 11.4 Å². The van der Waals surface area contributed by atoms with Gasteiger partial charge >= 0.3 is 11.9 Å². The van der Waals surface area contributed by atoms with Gasteiger partial charge in [-0.1, -0.05) is 12.1 Å². The first kappa shape index (κ1) is 26.9. The number of hydrogen-bond donors (Lipinski definition) is 3. The number of hydrogen-bond acceptors (Lipinski definition) is 8. The largest absolute Gasteiger partial charge is 0.485 e. The van der Waals surface area contributed by atoms with Gasteiger partial charge in [0.05, 0.1) is 11.2 Å². The zero-order valence-corrected chi connectivity index (χ0v) is 20.4. The summed E-state index contributed by atoms with van der Waals surface area (Å²) in [6, 6.07) is 12.2. The third-order valence-electron chi connectivity index (χ3n) is 5.87. The second-order valence-corrected chi connectivity index (χ2v) is 10.6. The van der Waals surface area contributed by atoms with Crippen molar-refractivity contribution in [1.82, 2.24) is 4.90 Å². The highest BCUT2D eigenvalue weighted by Crippen LogP contribution is 2.41. The van der Waals surface area contributed by atoms with Crippen LogP contribution in [0.15, 0.2) is 42.5 Å². The maximum absolute atomic E-state index is 11.5. The van der Waals surface area contributed by atoms with E-state index in [-0.39, 0.29) is 16.2 Å². The Balaban J connectivity index is 0.000000538. The molecule has 1 spiro atoms. The number of carboxylic acid groups (broad SMARTS) is 2. The lowest BCUT2D eigenvalue weighted by molar-refractivity contribution is -0.384. The molecule has 0 aromatic heterocycles. The molecule has 13 heteroatoms. The third-order valence-corrected chi connectivity index (χ3v) is 6.47. The number of nitro benzene ring substituents is 1. The van der Waals surface area contributed by atoms with Gasteiger partial charge in [-0.25, -0.2) is 18.0 Å². The van der Waals surface area contributed by atoms with E-state index in [1.54, 1.807) is 18.2 Å². The maximum atomic E-state index is 11.5. The third kappa shape index (κ3) is 7.39. The van der Waals surface area contributed by atoms with Gasteiger partial charge < -0.3 is 14.9 Å². The van der Waals surface area contributed by atoms with Crippen LogP contribution in [0, 0.1) is 10.1 Å². The van der Waals surface area contributed by atoms with Crippen LogP contribution in [0.2, 0.25) is 0 Å². The van der Waals surface area contributed by atoms with E-state index < -0.39 is 22.0 Å². The summed E-state index contributed by atoms with van der Waals surface area (Å²) in [5.74, 6) is -2.82. The predicted octanol–water partition coefficient (Wildman–Crippen LogP) is 2.13. The first-order chi connectivity index (χ1) is 16.9. The van der Waals surface area contributed by atoms with Crippen molar-refractivity contribution in [3.63, 3.8) is 0 Å². The summed E-state index contributed by atoms with van der Waals surface area (Å²) in [6.07, 6.45) is 4.72. The molecule has 0 saturated carbocycles. The van der Waals surface area contributed by atoms with Crippen LogP contribution < -0.4 is 9.46 Å². The van der Waals surface area contributed by atoms with Crippen molar-refractivity contribution >= 4 is 33.3 Å². The van der Waals surface area contributed by atoms with Gasteiger partial charge in [0.25, 0.3) is 5.69 Å². The number of aliphatic carboxylic acids is 2. The number of carboxylic acids is 2. The summed E-state index contributed by atoms with van der Waals surface area (Å²) in [7, 11) is -3.31. The number of fused-ring (bicyclic) bond motifs is 1. The lowest BCUT2D eigenvalue weighted by atomic mass is 9.88. The van der Waals surface area contributed by atoms with Crippen molar-refractivity contribution in [2.75, 3.05) is 30.6 Å². The molecule has 3 N–H and O–H groups in total. The molecule has 2 aromatic rings. The van der Waals surface area contributed by atoms with E-state index in [4.69, 9.17) is 24.5 Å². The minimum atomic E-state index is -3.31. The summed E-state index contributed by atoms with van der Waals surface area (Å²) >= 11 is 0. The molecule has 4 rings (SSSR count). The van der Waals surface area contributed by atoms with Crippen LogP contribution in [-0.2, 0) is 32.5 Å². The molecular formula is C23H27N3O9S. The highest BCUT2D eigenvalue weighted by molar-refractivity contribution is 7.92. The summed E-state index contributed by atoms with van der Waals surface area (Å²) in [5.41, 5.74) is 2.49. The monoisotopic (exact) mass is 521 g/mol. The molecule has 12 nitrogen and oxygen atoms in total. The Bertz CT molecular complexity index is 1240. The molecule has 194 valence electrons. The smallest absolute Gasteiger partial charge is 0.414 e. The van der Waals surface area contributed by atoms with Gasteiger partial charge in [0.2, 0.25) is 10.0 Å². The molecule has 0 radical (unpaired) electrons. The highest BCUT2D eigenvalue weighted by Gasteiger charge is 2.42. The molecule has 0 aliphatic carbocycles. The molecule has 2 aliphatic heterocycles. The number of ether oxygens (including phenoxy) is 1. The van der Waals surface area contributed by atoms with Crippen LogP contribution in [0.4, 0.5) is 11.4 Å². The molecular weight excluding hydrogens is 494 g/mol. The average molecular weight is 522 g/mol. The Hall–Kier alpha value is -3.71. The quantitative estimate of drug-likeness (QED) is 0.290. The van der Waals surface area contributed by atoms with Gasteiger partial charge in [-0.05, 0) is 49.6 Å².